The molecule has 2 aromatic rings. The van der Waals surface area contributed by atoms with Crippen LogP contribution >= 0.6 is 0 Å². The summed E-state index contributed by atoms with van der Waals surface area (Å²) in [6, 6.07) is 1.94. The third-order valence-electron chi connectivity index (χ3n) is 6.39. The molecule has 148 valence electrons. The van der Waals surface area contributed by atoms with Gasteiger partial charge in [0.1, 0.15) is 12.1 Å². The average Bonchev–Trinajstić information content (AvgIpc) is 3.21. The predicted octanol–water partition coefficient (Wildman–Crippen LogP) is 0.927. The Morgan fingerprint density at radius 1 is 1.00 bits per heavy atom. The fourth-order valence-corrected chi connectivity index (χ4v) is 6.07. The van der Waals surface area contributed by atoms with Crippen molar-refractivity contribution in [1.29, 1.82) is 0 Å². The van der Waals surface area contributed by atoms with Gasteiger partial charge < -0.3 is 9.80 Å². The van der Waals surface area contributed by atoms with E-state index in [0.717, 1.165) is 60.3 Å². The van der Waals surface area contributed by atoms with Gasteiger partial charge in [-0.25, -0.2) is 18.4 Å². The molecule has 0 bridgehead atoms. The van der Waals surface area contributed by atoms with Crippen molar-refractivity contribution in [1.82, 2.24) is 20.2 Å². The van der Waals surface area contributed by atoms with Gasteiger partial charge in [-0.3, -0.25) is 0 Å². The van der Waals surface area contributed by atoms with Gasteiger partial charge in [0.2, 0.25) is 0 Å². The lowest BCUT2D eigenvalue weighted by Gasteiger charge is -2.25. The monoisotopic (exact) mass is 400 g/mol. The molecule has 0 aromatic carbocycles. The van der Waals surface area contributed by atoms with E-state index in [0.29, 0.717) is 18.3 Å². The minimum atomic E-state index is -3.00. The Balaban J connectivity index is 1.32. The molecule has 2 aromatic heterocycles. The highest BCUT2D eigenvalue weighted by Gasteiger charge is 2.41. The Labute approximate surface area is 164 Å². The summed E-state index contributed by atoms with van der Waals surface area (Å²) in [5.41, 5.74) is 3.84. The van der Waals surface area contributed by atoms with Crippen LogP contribution in [-0.2, 0) is 22.0 Å². The van der Waals surface area contributed by atoms with Gasteiger partial charge >= 0.3 is 0 Å². The van der Waals surface area contributed by atoms with Crippen LogP contribution in [0.3, 0.4) is 0 Å². The summed E-state index contributed by atoms with van der Waals surface area (Å²) < 4.78 is 23.9. The minimum absolute atomic E-state index is 0.0890. The fraction of sp³-hybridized carbons (Fsp3) is 0.579. The molecule has 5 rings (SSSR count). The molecule has 9 heteroatoms. The van der Waals surface area contributed by atoms with E-state index in [2.05, 4.69) is 36.9 Å². The Morgan fingerprint density at radius 2 is 1.71 bits per heavy atom. The molecule has 0 N–H and O–H groups in total. The van der Waals surface area contributed by atoms with E-state index in [-0.39, 0.29) is 11.5 Å². The van der Waals surface area contributed by atoms with Gasteiger partial charge in [-0.1, -0.05) is 0 Å². The smallest absolute Gasteiger partial charge is 0.154 e. The summed E-state index contributed by atoms with van der Waals surface area (Å²) in [5.74, 6) is 3.23. The SMILES string of the molecule is Cc1ncnc(N2CC3CN(c4cc5c(nn4)CCS(=O)(=O)C5)CC3C2)c1C. The number of nitrogens with zero attached hydrogens (tertiary/aromatic N) is 6. The van der Waals surface area contributed by atoms with E-state index < -0.39 is 9.84 Å². The zero-order valence-corrected chi connectivity index (χ0v) is 17.0. The van der Waals surface area contributed by atoms with E-state index in [9.17, 15) is 8.42 Å². The van der Waals surface area contributed by atoms with Crippen molar-refractivity contribution in [2.45, 2.75) is 26.0 Å². The van der Waals surface area contributed by atoms with Crippen molar-refractivity contribution in [3.05, 3.63) is 34.9 Å². The number of fused-ring (bicyclic) bond motifs is 2. The Morgan fingerprint density at radius 3 is 2.46 bits per heavy atom. The van der Waals surface area contributed by atoms with Gasteiger partial charge in [0, 0.05) is 55.7 Å². The largest absolute Gasteiger partial charge is 0.356 e. The van der Waals surface area contributed by atoms with Crippen LogP contribution in [0, 0.1) is 25.7 Å². The first kappa shape index (κ1) is 17.8. The molecule has 0 radical (unpaired) electrons. The van der Waals surface area contributed by atoms with E-state index >= 15 is 0 Å². The molecule has 0 amide bonds. The van der Waals surface area contributed by atoms with E-state index in [1.165, 1.54) is 0 Å². The lowest BCUT2D eigenvalue weighted by Crippen LogP contribution is -2.31. The van der Waals surface area contributed by atoms with Gasteiger partial charge in [-0.15, -0.1) is 5.10 Å². The molecule has 5 heterocycles. The fourth-order valence-electron chi connectivity index (χ4n) is 4.69. The highest BCUT2D eigenvalue weighted by Crippen LogP contribution is 2.36. The molecule has 2 atom stereocenters. The van der Waals surface area contributed by atoms with Gasteiger partial charge in [0.25, 0.3) is 0 Å². The minimum Gasteiger partial charge on any atom is -0.356 e. The van der Waals surface area contributed by atoms with Crippen LogP contribution in [0.2, 0.25) is 0 Å². The summed E-state index contributed by atoms with van der Waals surface area (Å²) in [6.45, 7) is 7.90. The van der Waals surface area contributed by atoms with E-state index in [1.54, 1.807) is 6.33 Å². The van der Waals surface area contributed by atoms with Crippen molar-refractivity contribution < 1.29 is 8.42 Å². The number of aryl methyl sites for hydroxylation is 2. The second kappa shape index (κ2) is 6.37. The van der Waals surface area contributed by atoms with Crippen LogP contribution in [-0.4, -0.2) is 60.5 Å². The maximum Gasteiger partial charge on any atom is 0.154 e. The van der Waals surface area contributed by atoms with Crippen molar-refractivity contribution in [3.63, 3.8) is 0 Å². The average molecular weight is 401 g/mol. The van der Waals surface area contributed by atoms with Crippen molar-refractivity contribution >= 4 is 21.5 Å². The number of hydrogen-bond donors (Lipinski definition) is 0. The second-order valence-electron chi connectivity index (χ2n) is 8.25. The molecule has 28 heavy (non-hydrogen) atoms. The lowest BCUT2D eigenvalue weighted by atomic mass is 10.0. The van der Waals surface area contributed by atoms with Crippen LogP contribution in [0.15, 0.2) is 12.4 Å². The number of sulfone groups is 1. The van der Waals surface area contributed by atoms with Crippen LogP contribution in [0.4, 0.5) is 11.6 Å². The second-order valence-corrected chi connectivity index (χ2v) is 10.4. The first-order valence-corrected chi connectivity index (χ1v) is 11.6. The van der Waals surface area contributed by atoms with Crippen LogP contribution in [0.25, 0.3) is 0 Å². The highest BCUT2D eigenvalue weighted by atomic mass is 32.2. The summed E-state index contributed by atoms with van der Waals surface area (Å²) in [5, 5.41) is 8.72. The third kappa shape index (κ3) is 3.01. The number of anilines is 2. The zero-order chi connectivity index (χ0) is 19.5. The van der Waals surface area contributed by atoms with Gasteiger partial charge in [0.05, 0.1) is 17.2 Å². The zero-order valence-electron chi connectivity index (χ0n) is 16.2. The van der Waals surface area contributed by atoms with Gasteiger partial charge in [-0.05, 0) is 25.5 Å². The van der Waals surface area contributed by atoms with Crippen molar-refractivity contribution in [3.8, 4) is 0 Å². The van der Waals surface area contributed by atoms with Crippen LogP contribution < -0.4 is 9.80 Å². The molecule has 2 saturated heterocycles. The molecular weight excluding hydrogens is 376 g/mol. The molecule has 3 aliphatic rings. The molecule has 0 spiro atoms. The standard InChI is InChI=1S/C19H24N6O2S/c1-12-13(2)20-11-21-19(12)25-8-15-6-24(7-16(15)9-25)18-5-14-10-28(26,27)4-3-17(14)22-23-18/h5,11,15-16H,3-4,6-10H2,1-2H3. The molecule has 2 unspecified atom stereocenters. The highest BCUT2D eigenvalue weighted by molar-refractivity contribution is 7.90. The lowest BCUT2D eigenvalue weighted by molar-refractivity contribution is 0.533. The maximum absolute atomic E-state index is 12.0. The first-order valence-electron chi connectivity index (χ1n) is 9.73. The quantitative estimate of drug-likeness (QED) is 0.735. The summed E-state index contributed by atoms with van der Waals surface area (Å²) in [7, 11) is -3.00. The number of rotatable bonds is 2. The topological polar surface area (TPSA) is 92.2 Å². The first-order chi connectivity index (χ1) is 13.4. The molecule has 0 saturated carbocycles. The maximum atomic E-state index is 12.0. The van der Waals surface area contributed by atoms with Gasteiger partial charge in [0.15, 0.2) is 15.7 Å². The van der Waals surface area contributed by atoms with Crippen LogP contribution in [0.5, 0.6) is 0 Å². The number of hydrogen-bond acceptors (Lipinski definition) is 8. The van der Waals surface area contributed by atoms with E-state index in [4.69, 9.17) is 0 Å². The molecule has 2 fully saturated rings. The number of aromatic nitrogens is 4. The van der Waals surface area contributed by atoms with Crippen molar-refractivity contribution in [2.75, 3.05) is 41.7 Å². The summed E-state index contributed by atoms with van der Waals surface area (Å²) in [4.78, 5) is 13.4. The predicted molar refractivity (Wildman–Crippen MR) is 106 cm³/mol. The van der Waals surface area contributed by atoms with E-state index in [1.807, 2.05) is 13.0 Å². The molecule has 3 aliphatic heterocycles. The Kier molecular flexibility index (Phi) is 4.04. The van der Waals surface area contributed by atoms with Crippen molar-refractivity contribution in [2.24, 2.45) is 11.8 Å². The summed E-state index contributed by atoms with van der Waals surface area (Å²) >= 11 is 0. The summed E-state index contributed by atoms with van der Waals surface area (Å²) in [6.07, 6.45) is 2.12. The Bertz CT molecular complexity index is 1030. The normalized spacial score (nSPS) is 25.6. The van der Waals surface area contributed by atoms with Gasteiger partial charge in [-0.2, -0.15) is 5.10 Å². The Hall–Kier alpha value is -2.29. The molecule has 8 nitrogen and oxygen atoms in total. The van der Waals surface area contributed by atoms with Crippen LogP contribution in [0.1, 0.15) is 22.5 Å². The molecule has 0 aliphatic carbocycles. The molecular formula is C19H24N6O2S. The third-order valence-corrected chi connectivity index (χ3v) is 7.97.